The zero-order valence-electron chi connectivity index (χ0n) is 20.6. The molecule has 38 heavy (non-hydrogen) atoms. The van der Waals surface area contributed by atoms with Crippen LogP contribution in [0, 0.1) is 11.3 Å². The lowest BCUT2D eigenvalue weighted by atomic mass is 9.80. The molecule has 8 nitrogen and oxygen atoms in total. The van der Waals surface area contributed by atoms with Gasteiger partial charge in [0.15, 0.2) is 0 Å². The number of benzene rings is 1. The van der Waals surface area contributed by atoms with Crippen molar-refractivity contribution in [2.45, 2.75) is 56.3 Å². The number of urea groups is 1. The van der Waals surface area contributed by atoms with E-state index in [4.69, 9.17) is 15.2 Å². The van der Waals surface area contributed by atoms with Crippen LogP contribution in [-0.4, -0.2) is 68.4 Å². The molecular formula is C24H30F6N4O4. The number of ether oxygens (including phenoxy) is 2. The lowest BCUT2D eigenvalue weighted by Gasteiger charge is -2.34. The first kappa shape index (κ1) is 28.4. The van der Waals surface area contributed by atoms with Gasteiger partial charge in [-0.3, -0.25) is 4.79 Å². The SMILES string of the molecule is CO[C@@H]1COCC[C@@H]1N[C@@H]1C[C@H]2CN(C(=O)NCc3cc(C(F)(F)F)cc(C(F)(F)F)c3)C[C@@]2(C(N)=O)C1. The number of amides is 3. The average molecular weight is 553 g/mol. The van der Waals surface area contributed by atoms with Crippen molar-refractivity contribution >= 4 is 11.9 Å². The molecule has 1 aromatic carbocycles. The molecule has 212 valence electrons. The Kier molecular flexibility index (Phi) is 7.88. The van der Waals surface area contributed by atoms with E-state index in [0.717, 1.165) is 6.42 Å². The highest BCUT2D eigenvalue weighted by atomic mass is 19.4. The third-order valence-electron chi connectivity index (χ3n) is 7.80. The monoisotopic (exact) mass is 552 g/mol. The van der Waals surface area contributed by atoms with Crippen molar-refractivity contribution in [1.82, 2.24) is 15.5 Å². The van der Waals surface area contributed by atoms with Crippen molar-refractivity contribution in [2.24, 2.45) is 17.1 Å². The molecule has 3 amide bonds. The zero-order chi connectivity index (χ0) is 27.9. The second kappa shape index (κ2) is 10.5. The predicted octanol–water partition coefficient (Wildman–Crippen LogP) is 2.89. The number of primary amides is 1. The van der Waals surface area contributed by atoms with E-state index in [1.807, 2.05) is 0 Å². The molecule has 1 aliphatic carbocycles. The predicted molar refractivity (Wildman–Crippen MR) is 122 cm³/mol. The van der Waals surface area contributed by atoms with Gasteiger partial charge in [-0.15, -0.1) is 0 Å². The minimum atomic E-state index is -4.99. The number of methoxy groups -OCH3 is 1. The van der Waals surface area contributed by atoms with Gasteiger partial charge in [0, 0.05) is 45.4 Å². The minimum Gasteiger partial charge on any atom is -0.379 e. The van der Waals surface area contributed by atoms with E-state index in [9.17, 15) is 35.9 Å². The number of likely N-dealkylation sites (tertiary alicyclic amines) is 1. The average Bonchev–Trinajstić information content (AvgIpc) is 3.37. The van der Waals surface area contributed by atoms with Crippen LogP contribution in [-0.2, 0) is 33.2 Å². The van der Waals surface area contributed by atoms with E-state index in [0.29, 0.717) is 38.2 Å². The van der Waals surface area contributed by atoms with E-state index in [2.05, 4.69) is 10.6 Å². The quantitative estimate of drug-likeness (QED) is 0.471. The second-order valence-corrected chi connectivity index (χ2v) is 10.2. The fraction of sp³-hybridized carbons (Fsp3) is 0.667. The number of nitrogens with two attached hydrogens (primary N) is 1. The van der Waals surface area contributed by atoms with Crippen molar-refractivity contribution in [1.29, 1.82) is 0 Å². The molecule has 1 aromatic rings. The number of carbonyl (C=O) groups is 2. The number of hydrogen-bond acceptors (Lipinski definition) is 5. The molecule has 4 N–H and O–H groups in total. The van der Waals surface area contributed by atoms with Gasteiger partial charge < -0.3 is 30.7 Å². The Morgan fingerprint density at radius 1 is 1.16 bits per heavy atom. The summed E-state index contributed by atoms with van der Waals surface area (Å²) in [5, 5.41) is 5.93. The lowest BCUT2D eigenvalue weighted by Crippen LogP contribution is -2.51. The number of halogens is 6. The Hall–Kier alpha value is -2.58. The molecule has 5 atom stereocenters. The Bertz CT molecular complexity index is 1020. The number of carbonyl (C=O) groups excluding carboxylic acids is 2. The molecule has 0 aromatic heterocycles. The maximum Gasteiger partial charge on any atom is 0.416 e. The first-order chi connectivity index (χ1) is 17.7. The van der Waals surface area contributed by atoms with Gasteiger partial charge in [0.2, 0.25) is 5.91 Å². The fourth-order valence-electron chi connectivity index (χ4n) is 5.88. The van der Waals surface area contributed by atoms with Crippen molar-refractivity contribution in [3.63, 3.8) is 0 Å². The Labute approximate surface area is 215 Å². The van der Waals surface area contributed by atoms with E-state index in [-0.39, 0.29) is 48.8 Å². The topological polar surface area (TPSA) is 106 Å². The number of hydrogen-bond donors (Lipinski definition) is 3. The summed E-state index contributed by atoms with van der Waals surface area (Å²) in [6, 6.07) is 0.473. The summed E-state index contributed by atoms with van der Waals surface area (Å²) < 4.78 is 89.7. The molecule has 4 rings (SSSR count). The summed E-state index contributed by atoms with van der Waals surface area (Å²) in [5.41, 5.74) is 1.53. The highest BCUT2D eigenvalue weighted by Gasteiger charge is 2.58. The van der Waals surface area contributed by atoms with Crippen molar-refractivity contribution in [3.05, 3.63) is 34.9 Å². The third-order valence-corrected chi connectivity index (χ3v) is 7.80. The zero-order valence-corrected chi connectivity index (χ0v) is 20.6. The Balaban J connectivity index is 1.41. The van der Waals surface area contributed by atoms with Crippen LogP contribution >= 0.6 is 0 Å². The summed E-state index contributed by atoms with van der Waals surface area (Å²) in [5.74, 6) is -0.792. The number of nitrogens with one attached hydrogen (secondary N) is 2. The minimum absolute atomic E-state index is 0.00882. The van der Waals surface area contributed by atoms with Gasteiger partial charge in [0.25, 0.3) is 0 Å². The van der Waals surface area contributed by atoms with Crippen LogP contribution in [0.3, 0.4) is 0 Å². The Morgan fingerprint density at radius 3 is 2.37 bits per heavy atom. The molecule has 3 aliphatic rings. The van der Waals surface area contributed by atoms with Crippen LogP contribution in [0.1, 0.15) is 36.0 Å². The number of nitrogens with zero attached hydrogens (tertiary/aromatic N) is 1. The molecule has 2 saturated heterocycles. The van der Waals surface area contributed by atoms with Gasteiger partial charge in [-0.1, -0.05) is 0 Å². The number of rotatable bonds is 6. The summed E-state index contributed by atoms with van der Waals surface area (Å²) >= 11 is 0. The van der Waals surface area contributed by atoms with Crippen LogP contribution in [0.4, 0.5) is 31.1 Å². The highest BCUT2D eigenvalue weighted by Crippen LogP contribution is 2.49. The number of alkyl halides is 6. The van der Waals surface area contributed by atoms with E-state index in [1.165, 1.54) is 4.90 Å². The second-order valence-electron chi connectivity index (χ2n) is 10.2. The van der Waals surface area contributed by atoms with Crippen LogP contribution in [0.25, 0.3) is 0 Å². The van der Waals surface area contributed by atoms with E-state index in [1.54, 1.807) is 7.11 Å². The van der Waals surface area contributed by atoms with Gasteiger partial charge in [0.05, 0.1) is 29.3 Å². The highest BCUT2D eigenvalue weighted by molar-refractivity contribution is 5.84. The van der Waals surface area contributed by atoms with Gasteiger partial charge >= 0.3 is 18.4 Å². The summed E-state index contributed by atoms with van der Waals surface area (Å²) in [7, 11) is 1.60. The van der Waals surface area contributed by atoms with Crippen molar-refractivity contribution in [2.75, 3.05) is 33.4 Å². The van der Waals surface area contributed by atoms with Gasteiger partial charge in [-0.2, -0.15) is 26.3 Å². The lowest BCUT2D eigenvalue weighted by molar-refractivity contribution is -0.143. The first-order valence-electron chi connectivity index (χ1n) is 12.2. The molecule has 0 unspecified atom stereocenters. The van der Waals surface area contributed by atoms with Crippen molar-refractivity contribution in [3.8, 4) is 0 Å². The molecule has 2 heterocycles. The summed E-state index contributed by atoms with van der Waals surface area (Å²) in [6.07, 6.45) is -8.40. The van der Waals surface area contributed by atoms with Gasteiger partial charge in [-0.25, -0.2) is 4.79 Å². The molecule has 0 spiro atoms. The van der Waals surface area contributed by atoms with Crippen LogP contribution in [0.2, 0.25) is 0 Å². The van der Waals surface area contributed by atoms with Crippen LogP contribution in [0.15, 0.2) is 18.2 Å². The molecule has 2 aliphatic heterocycles. The Morgan fingerprint density at radius 2 is 1.82 bits per heavy atom. The maximum atomic E-state index is 13.1. The molecule has 0 bridgehead atoms. The first-order valence-corrected chi connectivity index (χ1v) is 12.2. The third kappa shape index (κ3) is 5.86. The molecule has 14 heteroatoms. The molecule has 0 radical (unpaired) electrons. The molecular weight excluding hydrogens is 522 g/mol. The standard InChI is InChI=1S/C24H30F6N4O4/c1-37-19-11-38-3-2-18(19)33-17-7-16-10-34(12-22(16,8-17)20(31)35)21(36)32-9-13-4-14(23(25,26)27)6-15(5-13)24(28,29)30/h4-6,16-19,33H,2-3,7-12H2,1H3,(H2,31,35)(H,32,36)/t16-,17+,18-,19+,22-/m0/s1. The largest absolute Gasteiger partial charge is 0.416 e. The maximum absolute atomic E-state index is 13.1. The smallest absolute Gasteiger partial charge is 0.379 e. The number of fused-ring (bicyclic) bond motifs is 1. The van der Waals surface area contributed by atoms with Crippen molar-refractivity contribution < 1.29 is 45.4 Å². The van der Waals surface area contributed by atoms with Gasteiger partial charge in [-0.05, 0) is 48.9 Å². The van der Waals surface area contributed by atoms with E-state index < -0.39 is 47.4 Å². The van der Waals surface area contributed by atoms with E-state index >= 15 is 0 Å². The van der Waals surface area contributed by atoms with Crippen LogP contribution in [0.5, 0.6) is 0 Å². The summed E-state index contributed by atoms with van der Waals surface area (Å²) in [4.78, 5) is 26.7. The normalized spacial score (nSPS) is 29.8. The fourth-order valence-corrected chi connectivity index (χ4v) is 5.88. The molecule has 1 saturated carbocycles. The summed E-state index contributed by atoms with van der Waals surface area (Å²) in [6.45, 7) is 0.678. The van der Waals surface area contributed by atoms with Crippen LogP contribution < -0.4 is 16.4 Å². The molecule has 3 fully saturated rings. The van der Waals surface area contributed by atoms with Gasteiger partial charge in [0.1, 0.15) is 0 Å².